The zero-order chi connectivity index (χ0) is 16.4. The number of ketones is 2. The van der Waals surface area contributed by atoms with Gasteiger partial charge in [0.05, 0.1) is 11.5 Å². The predicted molar refractivity (Wildman–Crippen MR) is 87.1 cm³/mol. The normalized spacial score (nSPS) is 24.7. The lowest BCUT2D eigenvalue weighted by Crippen LogP contribution is -2.32. The van der Waals surface area contributed by atoms with Crippen molar-refractivity contribution in [3.05, 3.63) is 22.7 Å². The fourth-order valence-electron chi connectivity index (χ4n) is 4.48. The molecule has 2 N–H and O–H groups in total. The summed E-state index contributed by atoms with van der Waals surface area (Å²) in [4.78, 5) is 25.0. The molecule has 0 saturated heterocycles. The van der Waals surface area contributed by atoms with Crippen molar-refractivity contribution in [3.63, 3.8) is 0 Å². The molecule has 0 aromatic rings. The first kappa shape index (κ1) is 16.3. The predicted octanol–water partition coefficient (Wildman–Crippen LogP) is 4.31. The van der Waals surface area contributed by atoms with Crippen molar-refractivity contribution < 1.29 is 19.8 Å². The van der Waals surface area contributed by atoms with E-state index in [0.717, 1.165) is 25.7 Å². The molecule has 1 saturated carbocycles. The van der Waals surface area contributed by atoms with Crippen molar-refractivity contribution in [3.8, 4) is 0 Å². The van der Waals surface area contributed by atoms with Crippen LogP contribution >= 0.6 is 0 Å². The van der Waals surface area contributed by atoms with Crippen molar-refractivity contribution in [2.75, 3.05) is 0 Å². The first-order valence-electron chi connectivity index (χ1n) is 9.00. The maximum Gasteiger partial charge on any atom is 0.162 e. The third-order valence-corrected chi connectivity index (χ3v) is 5.60. The molecule has 126 valence electrons. The van der Waals surface area contributed by atoms with Crippen LogP contribution in [0.25, 0.3) is 0 Å². The molecule has 0 spiro atoms. The average molecular weight is 318 g/mol. The van der Waals surface area contributed by atoms with Crippen LogP contribution in [0.3, 0.4) is 0 Å². The highest BCUT2D eigenvalue weighted by molar-refractivity contribution is 6.03. The van der Waals surface area contributed by atoms with E-state index in [0.29, 0.717) is 49.7 Å². The number of carbonyl (C=O) groups excluding carboxylic acids is 2. The molecule has 3 rings (SSSR count). The number of hydrogen-bond donors (Lipinski definition) is 2. The molecule has 0 heterocycles. The standard InChI is InChI=1S/C19H26O4/c20-13-8-4-9-14(21)18(13)17(12-6-2-1-3-7-12)19-15(22)10-5-11-16(19)23/h12,17,20,22H,1-11H2. The molecular formula is C19H26O4. The van der Waals surface area contributed by atoms with Gasteiger partial charge in [0.2, 0.25) is 0 Å². The van der Waals surface area contributed by atoms with Crippen LogP contribution in [0.2, 0.25) is 0 Å². The number of rotatable bonds is 3. The number of aliphatic hydroxyl groups excluding tert-OH is 2. The Balaban J connectivity index is 2.07. The van der Waals surface area contributed by atoms with Crippen molar-refractivity contribution in [2.24, 2.45) is 11.8 Å². The molecule has 1 fully saturated rings. The molecule has 0 aromatic heterocycles. The number of aliphatic hydroxyl groups is 2. The number of Topliss-reactive ketones (excluding diaryl/α,β-unsaturated/α-hetero) is 2. The summed E-state index contributed by atoms with van der Waals surface area (Å²) in [5, 5.41) is 20.8. The van der Waals surface area contributed by atoms with Gasteiger partial charge in [0.15, 0.2) is 11.6 Å². The van der Waals surface area contributed by atoms with Gasteiger partial charge in [0.25, 0.3) is 0 Å². The van der Waals surface area contributed by atoms with E-state index in [4.69, 9.17) is 0 Å². The van der Waals surface area contributed by atoms with Gasteiger partial charge < -0.3 is 10.2 Å². The topological polar surface area (TPSA) is 74.6 Å². The van der Waals surface area contributed by atoms with Crippen LogP contribution in [0.1, 0.15) is 70.6 Å². The minimum Gasteiger partial charge on any atom is -0.512 e. The second-order valence-corrected chi connectivity index (χ2v) is 7.15. The first-order valence-corrected chi connectivity index (χ1v) is 9.00. The number of hydrogen-bond acceptors (Lipinski definition) is 4. The lowest BCUT2D eigenvalue weighted by atomic mass is 9.68. The van der Waals surface area contributed by atoms with E-state index in [1.54, 1.807) is 0 Å². The van der Waals surface area contributed by atoms with E-state index in [-0.39, 0.29) is 29.0 Å². The highest BCUT2D eigenvalue weighted by Crippen LogP contribution is 2.44. The number of allylic oxidation sites excluding steroid dienone is 4. The SMILES string of the molecule is O=C1CCCC(O)=C1C(C1=C(O)CCCC1=O)C1CCCCC1. The maximum absolute atomic E-state index is 12.5. The Bertz CT molecular complexity index is 522. The maximum atomic E-state index is 12.5. The van der Waals surface area contributed by atoms with Crippen LogP contribution in [0, 0.1) is 11.8 Å². The Hall–Kier alpha value is -1.58. The molecule has 0 bridgehead atoms. The van der Waals surface area contributed by atoms with E-state index in [1.807, 2.05) is 0 Å². The Labute approximate surface area is 137 Å². The zero-order valence-corrected chi connectivity index (χ0v) is 13.6. The average Bonchev–Trinajstić information content (AvgIpc) is 2.53. The van der Waals surface area contributed by atoms with Crippen LogP contribution in [-0.2, 0) is 9.59 Å². The second kappa shape index (κ2) is 6.90. The van der Waals surface area contributed by atoms with Gasteiger partial charge in [0, 0.05) is 42.7 Å². The molecule has 0 amide bonds. The minimum atomic E-state index is -0.393. The Morgan fingerprint density at radius 1 is 0.696 bits per heavy atom. The first-order chi connectivity index (χ1) is 11.1. The summed E-state index contributed by atoms with van der Waals surface area (Å²) in [7, 11) is 0. The Kier molecular flexibility index (Phi) is 4.88. The van der Waals surface area contributed by atoms with Gasteiger partial charge in [-0.05, 0) is 31.6 Å². The van der Waals surface area contributed by atoms with Crippen LogP contribution in [-0.4, -0.2) is 21.8 Å². The fraction of sp³-hybridized carbons (Fsp3) is 0.684. The van der Waals surface area contributed by atoms with Gasteiger partial charge in [-0.2, -0.15) is 0 Å². The van der Waals surface area contributed by atoms with Crippen LogP contribution in [0.15, 0.2) is 22.7 Å². The summed E-state index contributed by atoms with van der Waals surface area (Å²) in [5.74, 6) is 0.00929. The van der Waals surface area contributed by atoms with Gasteiger partial charge in [-0.25, -0.2) is 0 Å². The summed E-state index contributed by atoms with van der Waals surface area (Å²) < 4.78 is 0. The number of carbonyl (C=O) groups is 2. The lowest BCUT2D eigenvalue weighted by molar-refractivity contribution is -0.118. The van der Waals surface area contributed by atoms with Crippen molar-refractivity contribution in [2.45, 2.75) is 70.6 Å². The third kappa shape index (κ3) is 3.22. The van der Waals surface area contributed by atoms with E-state index in [1.165, 1.54) is 6.42 Å². The highest BCUT2D eigenvalue weighted by Gasteiger charge is 2.40. The Morgan fingerprint density at radius 3 is 1.61 bits per heavy atom. The molecule has 3 aliphatic carbocycles. The van der Waals surface area contributed by atoms with Gasteiger partial charge in [0.1, 0.15) is 0 Å². The molecule has 4 nitrogen and oxygen atoms in total. The molecule has 4 heteroatoms. The van der Waals surface area contributed by atoms with Crippen molar-refractivity contribution in [1.82, 2.24) is 0 Å². The molecule has 0 atom stereocenters. The lowest BCUT2D eigenvalue weighted by Gasteiger charge is -2.35. The van der Waals surface area contributed by atoms with E-state index in [2.05, 4.69) is 0 Å². The van der Waals surface area contributed by atoms with Gasteiger partial charge >= 0.3 is 0 Å². The zero-order valence-electron chi connectivity index (χ0n) is 13.6. The highest BCUT2D eigenvalue weighted by atomic mass is 16.3. The molecule has 3 aliphatic rings. The molecule has 23 heavy (non-hydrogen) atoms. The largest absolute Gasteiger partial charge is 0.512 e. The van der Waals surface area contributed by atoms with Crippen molar-refractivity contribution >= 4 is 11.6 Å². The molecule has 0 radical (unpaired) electrons. The van der Waals surface area contributed by atoms with Gasteiger partial charge in [-0.3, -0.25) is 9.59 Å². The van der Waals surface area contributed by atoms with Crippen LogP contribution in [0.4, 0.5) is 0 Å². The smallest absolute Gasteiger partial charge is 0.162 e. The van der Waals surface area contributed by atoms with Gasteiger partial charge in [-0.15, -0.1) is 0 Å². The molecular weight excluding hydrogens is 292 g/mol. The Morgan fingerprint density at radius 2 is 1.17 bits per heavy atom. The van der Waals surface area contributed by atoms with E-state index < -0.39 is 5.92 Å². The van der Waals surface area contributed by atoms with Crippen LogP contribution < -0.4 is 0 Å². The van der Waals surface area contributed by atoms with Crippen molar-refractivity contribution in [1.29, 1.82) is 0 Å². The quantitative estimate of drug-likeness (QED) is 0.813. The summed E-state index contributed by atoms with van der Waals surface area (Å²) in [6.45, 7) is 0. The summed E-state index contributed by atoms with van der Waals surface area (Å²) in [6, 6.07) is 0. The van der Waals surface area contributed by atoms with Gasteiger partial charge in [-0.1, -0.05) is 19.3 Å². The van der Waals surface area contributed by atoms with E-state index >= 15 is 0 Å². The monoisotopic (exact) mass is 318 g/mol. The molecule has 0 aliphatic heterocycles. The molecule has 0 unspecified atom stereocenters. The summed E-state index contributed by atoms with van der Waals surface area (Å²) >= 11 is 0. The molecule has 0 aromatic carbocycles. The summed E-state index contributed by atoms with van der Waals surface area (Å²) in [6.07, 6.45) is 8.50. The third-order valence-electron chi connectivity index (χ3n) is 5.60. The van der Waals surface area contributed by atoms with E-state index in [9.17, 15) is 19.8 Å². The fourth-order valence-corrected chi connectivity index (χ4v) is 4.48. The second-order valence-electron chi connectivity index (χ2n) is 7.15. The minimum absolute atomic E-state index is 0.0389. The summed E-state index contributed by atoms with van der Waals surface area (Å²) in [5.41, 5.74) is 0.861. The van der Waals surface area contributed by atoms with Crippen LogP contribution in [0.5, 0.6) is 0 Å².